The molecule has 0 aromatic heterocycles. The van der Waals surface area contributed by atoms with E-state index in [1.54, 1.807) is 40.7 Å². The van der Waals surface area contributed by atoms with E-state index in [9.17, 15) is 19.6 Å². The van der Waals surface area contributed by atoms with E-state index in [-0.39, 0.29) is 12.6 Å². The Morgan fingerprint density at radius 1 is 1.19 bits per heavy atom. The second kappa shape index (κ2) is 6.64. The smallest absolute Gasteiger partial charge is 0.394 e. The van der Waals surface area contributed by atoms with E-state index in [1.165, 1.54) is 0 Å². The topological polar surface area (TPSA) is 146 Å². The largest absolute Gasteiger partial charge is 0.470 e. The SMILES string of the molecule is CN1CN(C)C2=C(C1=O)N(C)CN2[C@@H]1O[C@H](CO)[C@@H](OP(=O)(O)O)[C@H]1O. The molecule has 0 aliphatic carbocycles. The van der Waals surface area contributed by atoms with Gasteiger partial charge in [-0.25, -0.2) is 4.57 Å². The van der Waals surface area contributed by atoms with Crippen molar-refractivity contribution in [2.45, 2.75) is 24.5 Å². The number of nitrogens with zero attached hydrogens (tertiary/aromatic N) is 4. The van der Waals surface area contributed by atoms with Crippen LogP contribution in [0.25, 0.3) is 0 Å². The molecule has 0 bridgehead atoms. The average molecular weight is 394 g/mol. The molecule has 1 fully saturated rings. The van der Waals surface area contributed by atoms with Crippen molar-refractivity contribution in [3.63, 3.8) is 0 Å². The van der Waals surface area contributed by atoms with Gasteiger partial charge in [0.2, 0.25) is 0 Å². The van der Waals surface area contributed by atoms with Crippen molar-refractivity contribution < 1.29 is 38.6 Å². The van der Waals surface area contributed by atoms with Crippen LogP contribution in [0.15, 0.2) is 11.5 Å². The molecule has 13 heteroatoms. The minimum absolute atomic E-state index is 0.183. The number of likely N-dealkylation sites (N-methyl/N-ethyl adjacent to an activating group) is 2. The molecule has 0 unspecified atom stereocenters. The first-order valence-electron chi connectivity index (χ1n) is 7.92. The van der Waals surface area contributed by atoms with Crippen LogP contribution in [0, 0.1) is 0 Å². The maximum Gasteiger partial charge on any atom is 0.470 e. The Balaban J connectivity index is 1.91. The molecule has 0 aromatic carbocycles. The zero-order valence-electron chi connectivity index (χ0n) is 14.6. The number of hydrogen-bond donors (Lipinski definition) is 4. The third-order valence-electron chi connectivity index (χ3n) is 4.62. The summed E-state index contributed by atoms with van der Waals surface area (Å²) in [4.78, 5) is 37.2. The second-order valence-electron chi connectivity index (χ2n) is 6.62. The quantitative estimate of drug-likeness (QED) is 0.369. The molecule has 0 spiro atoms. The Bertz CT molecular complexity index is 669. The number of amides is 1. The van der Waals surface area contributed by atoms with Crippen molar-refractivity contribution in [1.29, 1.82) is 0 Å². The number of carbonyl (C=O) groups is 1. The normalized spacial score (nSPS) is 32.8. The Kier molecular flexibility index (Phi) is 4.95. The number of rotatable bonds is 4. The van der Waals surface area contributed by atoms with Crippen LogP contribution in [0.2, 0.25) is 0 Å². The highest BCUT2D eigenvalue weighted by atomic mass is 31.2. The van der Waals surface area contributed by atoms with Gasteiger partial charge in [-0.2, -0.15) is 0 Å². The van der Waals surface area contributed by atoms with Crippen LogP contribution in [-0.2, 0) is 18.6 Å². The summed E-state index contributed by atoms with van der Waals surface area (Å²) in [5.74, 6) is 0.352. The summed E-state index contributed by atoms with van der Waals surface area (Å²) in [5, 5.41) is 20.0. The molecule has 1 amide bonds. The van der Waals surface area contributed by atoms with Crippen LogP contribution >= 0.6 is 7.82 Å². The van der Waals surface area contributed by atoms with Gasteiger partial charge in [0.1, 0.15) is 29.8 Å². The molecule has 3 aliphatic heterocycles. The molecule has 0 aromatic rings. The van der Waals surface area contributed by atoms with Crippen molar-refractivity contribution in [3.8, 4) is 0 Å². The van der Waals surface area contributed by atoms with Crippen LogP contribution in [-0.4, -0.2) is 111 Å². The summed E-state index contributed by atoms with van der Waals surface area (Å²) >= 11 is 0. The molecule has 1 saturated heterocycles. The number of aliphatic hydroxyl groups excluding tert-OH is 2. The zero-order valence-corrected chi connectivity index (χ0v) is 15.5. The number of phosphoric ester groups is 1. The molecule has 148 valence electrons. The molecule has 3 aliphatic rings. The second-order valence-corrected chi connectivity index (χ2v) is 7.81. The van der Waals surface area contributed by atoms with Gasteiger partial charge >= 0.3 is 7.82 Å². The van der Waals surface area contributed by atoms with Crippen molar-refractivity contribution in [3.05, 3.63) is 11.5 Å². The van der Waals surface area contributed by atoms with Gasteiger partial charge in [0, 0.05) is 21.1 Å². The number of ether oxygens (including phenoxy) is 1. The van der Waals surface area contributed by atoms with Crippen molar-refractivity contribution in [1.82, 2.24) is 19.6 Å². The van der Waals surface area contributed by atoms with Gasteiger partial charge in [-0.3, -0.25) is 9.32 Å². The van der Waals surface area contributed by atoms with Gasteiger partial charge in [-0.1, -0.05) is 0 Å². The van der Waals surface area contributed by atoms with Gasteiger partial charge in [-0.05, 0) is 0 Å². The molecule has 0 radical (unpaired) electrons. The summed E-state index contributed by atoms with van der Waals surface area (Å²) in [6, 6.07) is 0. The molecule has 26 heavy (non-hydrogen) atoms. The van der Waals surface area contributed by atoms with Gasteiger partial charge < -0.3 is 44.3 Å². The summed E-state index contributed by atoms with van der Waals surface area (Å²) in [6.07, 6.45) is -5.02. The Labute approximate surface area is 150 Å². The van der Waals surface area contributed by atoms with Gasteiger partial charge in [0.25, 0.3) is 5.91 Å². The minimum Gasteiger partial charge on any atom is -0.394 e. The highest BCUT2D eigenvalue weighted by Crippen LogP contribution is 2.43. The van der Waals surface area contributed by atoms with Crippen molar-refractivity contribution >= 4 is 13.7 Å². The molecule has 4 atom stereocenters. The monoisotopic (exact) mass is 394 g/mol. The number of carbonyl (C=O) groups excluding carboxylic acids is 1. The lowest BCUT2D eigenvalue weighted by Crippen LogP contribution is -2.50. The fourth-order valence-electron chi connectivity index (χ4n) is 3.58. The van der Waals surface area contributed by atoms with E-state index < -0.39 is 39.0 Å². The minimum atomic E-state index is -4.90. The highest BCUT2D eigenvalue weighted by Gasteiger charge is 2.53. The van der Waals surface area contributed by atoms with Gasteiger partial charge in [-0.15, -0.1) is 0 Å². The van der Waals surface area contributed by atoms with E-state index >= 15 is 0 Å². The highest BCUT2D eigenvalue weighted by molar-refractivity contribution is 7.46. The summed E-state index contributed by atoms with van der Waals surface area (Å²) in [7, 11) is 0.271. The zero-order chi connectivity index (χ0) is 19.4. The Morgan fingerprint density at radius 2 is 1.85 bits per heavy atom. The van der Waals surface area contributed by atoms with E-state index in [0.29, 0.717) is 18.2 Å². The van der Waals surface area contributed by atoms with E-state index in [2.05, 4.69) is 4.52 Å². The van der Waals surface area contributed by atoms with Crippen LogP contribution < -0.4 is 0 Å². The fraction of sp³-hybridized carbons (Fsp3) is 0.769. The predicted molar refractivity (Wildman–Crippen MR) is 85.6 cm³/mol. The standard InChI is InChI=1S/C13H23N4O8P/c1-14-6-17(11-8(14)12(20)16(3)5-15(11)2)13-9(19)10(7(4-18)24-13)25-26(21,22)23/h7,9-10,13,18-19H,4-6H2,1-3H3,(H2,21,22,23)/t7-,9-,10-,13-/m1/s1. The van der Waals surface area contributed by atoms with E-state index in [4.69, 9.17) is 14.5 Å². The lowest BCUT2D eigenvalue weighted by atomic mass is 10.1. The van der Waals surface area contributed by atoms with Crippen LogP contribution in [0.4, 0.5) is 0 Å². The van der Waals surface area contributed by atoms with Crippen LogP contribution in [0.5, 0.6) is 0 Å². The van der Waals surface area contributed by atoms with Crippen LogP contribution in [0.3, 0.4) is 0 Å². The summed E-state index contributed by atoms with van der Waals surface area (Å²) in [6.45, 7) is -0.0426. The fourth-order valence-corrected chi connectivity index (χ4v) is 4.15. The van der Waals surface area contributed by atoms with Gasteiger partial charge in [0.15, 0.2) is 6.23 Å². The maximum atomic E-state index is 12.5. The third kappa shape index (κ3) is 3.18. The first-order chi connectivity index (χ1) is 12.0. The van der Waals surface area contributed by atoms with Crippen LogP contribution in [0.1, 0.15) is 0 Å². The lowest BCUT2D eigenvalue weighted by molar-refractivity contribution is -0.130. The molecule has 3 heterocycles. The molecule has 0 saturated carbocycles. The molecule has 3 rings (SSSR count). The van der Waals surface area contributed by atoms with E-state index in [0.717, 1.165) is 0 Å². The maximum absolute atomic E-state index is 12.5. The van der Waals surface area contributed by atoms with Crippen molar-refractivity contribution in [2.75, 3.05) is 41.1 Å². The molecular weight excluding hydrogens is 371 g/mol. The first kappa shape index (κ1) is 19.4. The first-order valence-corrected chi connectivity index (χ1v) is 9.45. The third-order valence-corrected chi connectivity index (χ3v) is 5.14. The van der Waals surface area contributed by atoms with Gasteiger partial charge in [0.05, 0.1) is 19.9 Å². The number of aliphatic hydroxyl groups is 2. The van der Waals surface area contributed by atoms with E-state index in [1.807, 2.05) is 0 Å². The Hall–Kier alpha value is -1.40. The predicted octanol–water partition coefficient (Wildman–Crippen LogP) is -2.72. The molecule has 4 N–H and O–H groups in total. The number of hydrogen-bond acceptors (Lipinski definition) is 9. The summed E-state index contributed by atoms with van der Waals surface area (Å²) < 4.78 is 21.4. The number of phosphoric acid groups is 1. The summed E-state index contributed by atoms with van der Waals surface area (Å²) in [5.41, 5.74) is 0.428. The average Bonchev–Trinajstić information content (AvgIpc) is 3.02. The Morgan fingerprint density at radius 3 is 2.42 bits per heavy atom. The van der Waals surface area contributed by atoms with Crippen molar-refractivity contribution in [2.24, 2.45) is 0 Å². The lowest BCUT2D eigenvalue weighted by Gasteiger charge is -2.38. The molecular formula is C13H23N4O8P. The molecule has 12 nitrogen and oxygen atoms in total.